The van der Waals surface area contributed by atoms with Crippen molar-refractivity contribution in [2.45, 2.75) is 31.8 Å². The summed E-state index contributed by atoms with van der Waals surface area (Å²) >= 11 is 0. The van der Waals surface area contributed by atoms with Crippen LogP contribution in [0.15, 0.2) is 18.5 Å². The predicted molar refractivity (Wildman–Crippen MR) is 47.5 cm³/mol. The monoisotopic (exact) mass is 165 g/mol. The van der Waals surface area contributed by atoms with E-state index in [0.29, 0.717) is 6.04 Å². The molecule has 1 fully saturated rings. The van der Waals surface area contributed by atoms with Crippen LogP contribution in [0.3, 0.4) is 0 Å². The molecule has 2 atom stereocenters. The van der Waals surface area contributed by atoms with Crippen LogP contribution in [0.25, 0.3) is 0 Å². The van der Waals surface area contributed by atoms with E-state index in [0.717, 1.165) is 12.5 Å². The van der Waals surface area contributed by atoms with E-state index in [2.05, 4.69) is 5.10 Å². The fourth-order valence-electron chi connectivity index (χ4n) is 1.95. The molecule has 12 heavy (non-hydrogen) atoms. The number of aromatic nitrogens is 2. The Hall–Kier alpha value is -0.830. The van der Waals surface area contributed by atoms with Crippen LogP contribution in [0.2, 0.25) is 0 Å². The average molecular weight is 165 g/mol. The molecule has 0 amide bonds. The second-order valence-corrected chi connectivity index (χ2v) is 3.67. The van der Waals surface area contributed by atoms with Gasteiger partial charge in [-0.2, -0.15) is 5.10 Å². The van der Waals surface area contributed by atoms with Crippen LogP contribution in [0.4, 0.5) is 0 Å². The normalized spacial score (nSPS) is 29.4. The Kier molecular flexibility index (Phi) is 2.13. The van der Waals surface area contributed by atoms with Crippen LogP contribution in [0.1, 0.15) is 19.3 Å². The van der Waals surface area contributed by atoms with Crippen molar-refractivity contribution in [3.63, 3.8) is 0 Å². The Morgan fingerprint density at radius 3 is 3.00 bits per heavy atom. The lowest BCUT2D eigenvalue weighted by Gasteiger charge is -2.08. The first-order chi connectivity index (χ1) is 5.84. The maximum Gasteiger partial charge on any atom is 0.0489 e. The van der Waals surface area contributed by atoms with Crippen molar-refractivity contribution in [1.29, 1.82) is 0 Å². The minimum atomic E-state index is 0.436. The largest absolute Gasteiger partial charge is 0.328 e. The fraction of sp³-hybridized carbons (Fsp3) is 0.667. The minimum absolute atomic E-state index is 0.436. The molecule has 3 heteroatoms. The van der Waals surface area contributed by atoms with Gasteiger partial charge in [-0.05, 0) is 31.2 Å². The summed E-state index contributed by atoms with van der Waals surface area (Å²) in [5, 5.41) is 4.18. The lowest BCUT2D eigenvalue weighted by atomic mass is 10.1. The highest BCUT2D eigenvalue weighted by Gasteiger charge is 2.21. The molecule has 0 bridgehead atoms. The second kappa shape index (κ2) is 3.27. The molecule has 1 saturated carbocycles. The zero-order chi connectivity index (χ0) is 8.39. The van der Waals surface area contributed by atoms with E-state index in [9.17, 15) is 0 Å². The highest BCUT2D eigenvalue weighted by Crippen LogP contribution is 2.25. The van der Waals surface area contributed by atoms with Crippen molar-refractivity contribution in [3.8, 4) is 0 Å². The first kappa shape index (κ1) is 7.80. The molecule has 3 nitrogen and oxygen atoms in total. The third-order valence-electron chi connectivity index (χ3n) is 2.59. The van der Waals surface area contributed by atoms with Gasteiger partial charge in [0, 0.05) is 25.0 Å². The molecule has 0 radical (unpaired) electrons. The van der Waals surface area contributed by atoms with Crippen LogP contribution in [0.5, 0.6) is 0 Å². The number of nitrogens with zero attached hydrogens (tertiary/aromatic N) is 2. The number of hydrogen-bond donors (Lipinski definition) is 1. The molecule has 2 rings (SSSR count). The molecule has 1 aromatic heterocycles. The van der Waals surface area contributed by atoms with Gasteiger partial charge in [0.05, 0.1) is 0 Å². The van der Waals surface area contributed by atoms with E-state index in [1.54, 1.807) is 0 Å². The summed E-state index contributed by atoms with van der Waals surface area (Å²) in [6.45, 7) is 1.04. The van der Waals surface area contributed by atoms with Crippen molar-refractivity contribution < 1.29 is 0 Å². The van der Waals surface area contributed by atoms with Gasteiger partial charge in [-0.15, -0.1) is 0 Å². The van der Waals surface area contributed by atoms with E-state index in [1.807, 2.05) is 23.1 Å². The van der Waals surface area contributed by atoms with Crippen LogP contribution in [-0.4, -0.2) is 15.8 Å². The van der Waals surface area contributed by atoms with E-state index >= 15 is 0 Å². The fourth-order valence-corrected chi connectivity index (χ4v) is 1.95. The molecule has 1 aromatic rings. The van der Waals surface area contributed by atoms with Gasteiger partial charge in [-0.3, -0.25) is 4.68 Å². The first-order valence-corrected chi connectivity index (χ1v) is 4.57. The summed E-state index contributed by atoms with van der Waals surface area (Å²) in [6.07, 6.45) is 7.46. The first-order valence-electron chi connectivity index (χ1n) is 4.57. The summed E-state index contributed by atoms with van der Waals surface area (Å²) in [5.74, 6) is 0.750. The van der Waals surface area contributed by atoms with Crippen molar-refractivity contribution >= 4 is 0 Å². The Labute approximate surface area is 72.6 Å². The van der Waals surface area contributed by atoms with Crippen molar-refractivity contribution in [3.05, 3.63) is 18.5 Å². The Morgan fingerprint density at radius 1 is 1.50 bits per heavy atom. The summed E-state index contributed by atoms with van der Waals surface area (Å²) in [6, 6.07) is 2.40. The molecule has 0 spiro atoms. The molecule has 1 aliphatic carbocycles. The van der Waals surface area contributed by atoms with Crippen molar-refractivity contribution in [1.82, 2.24) is 9.78 Å². The number of nitrogens with two attached hydrogens (primary N) is 1. The minimum Gasteiger partial charge on any atom is -0.328 e. The van der Waals surface area contributed by atoms with Crippen LogP contribution < -0.4 is 5.73 Å². The molecular formula is C9H15N3. The van der Waals surface area contributed by atoms with Crippen LogP contribution >= 0.6 is 0 Å². The molecule has 66 valence electrons. The summed E-state index contributed by atoms with van der Waals surface area (Å²) < 4.78 is 2.00. The number of hydrogen-bond acceptors (Lipinski definition) is 2. The van der Waals surface area contributed by atoms with Gasteiger partial charge >= 0.3 is 0 Å². The highest BCUT2D eigenvalue weighted by molar-refractivity contribution is 4.82. The molecule has 0 aliphatic heterocycles. The quantitative estimate of drug-likeness (QED) is 0.710. The lowest BCUT2D eigenvalue weighted by molar-refractivity contribution is 0.424. The Bertz CT molecular complexity index is 230. The smallest absolute Gasteiger partial charge is 0.0489 e. The Morgan fingerprint density at radius 2 is 2.42 bits per heavy atom. The van der Waals surface area contributed by atoms with Gasteiger partial charge in [-0.25, -0.2) is 0 Å². The standard InChI is InChI=1S/C9H15N3/c10-9-3-2-8(6-9)7-12-5-1-4-11-12/h1,4-5,8-9H,2-3,6-7,10H2. The topological polar surface area (TPSA) is 43.8 Å². The zero-order valence-corrected chi connectivity index (χ0v) is 7.19. The van der Waals surface area contributed by atoms with Gasteiger partial charge < -0.3 is 5.73 Å². The van der Waals surface area contributed by atoms with Gasteiger partial charge in [0.1, 0.15) is 0 Å². The van der Waals surface area contributed by atoms with E-state index < -0.39 is 0 Å². The molecular weight excluding hydrogens is 150 g/mol. The third-order valence-corrected chi connectivity index (χ3v) is 2.59. The average Bonchev–Trinajstić information content (AvgIpc) is 2.63. The zero-order valence-electron chi connectivity index (χ0n) is 7.19. The number of rotatable bonds is 2. The molecule has 2 unspecified atom stereocenters. The van der Waals surface area contributed by atoms with E-state index in [4.69, 9.17) is 5.73 Å². The van der Waals surface area contributed by atoms with E-state index in [-0.39, 0.29) is 0 Å². The summed E-state index contributed by atoms with van der Waals surface area (Å²) in [7, 11) is 0. The maximum absolute atomic E-state index is 5.82. The lowest BCUT2D eigenvalue weighted by Crippen LogP contribution is -2.16. The van der Waals surface area contributed by atoms with Crippen molar-refractivity contribution in [2.75, 3.05) is 0 Å². The van der Waals surface area contributed by atoms with E-state index in [1.165, 1.54) is 19.3 Å². The summed E-state index contributed by atoms with van der Waals surface area (Å²) in [4.78, 5) is 0. The molecule has 2 N–H and O–H groups in total. The van der Waals surface area contributed by atoms with Gasteiger partial charge in [0.15, 0.2) is 0 Å². The molecule has 0 aromatic carbocycles. The molecule has 0 saturated heterocycles. The van der Waals surface area contributed by atoms with Gasteiger partial charge in [0.25, 0.3) is 0 Å². The molecule has 1 heterocycles. The highest BCUT2D eigenvalue weighted by atomic mass is 15.3. The predicted octanol–water partition coefficient (Wildman–Crippen LogP) is 1.01. The van der Waals surface area contributed by atoms with Crippen LogP contribution in [0, 0.1) is 5.92 Å². The molecule has 1 aliphatic rings. The van der Waals surface area contributed by atoms with Gasteiger partial charge in [0.2, 0.25) is 0 Å². The Balaban J connectivity index is 1.88. The van der Waals surface area contributed by atoms with Crippen molar-refractivity contribution in [2.24, 2.45) is 11.7 Å². The van der Waals surface area contributed by atoms with Gasteiger partial charge in [-0.1, -0.05) is 0 Å². The third kappa shape index (κ3) is 1.67. The maximum atomic E-state index is 5.82. The summed E-state index contributed by atoms with van der Waals surface area (Å²) in [5.41, 5.74) is 5.82. The second-order valence-electron chi connectivity index (χ2n) is 3.67. The SMILES string of the molecule is NC1CCC(Cn2cccn2)C1. The van der Waals surface area contributed by atoms with Crippen LogP contribution in [-0.2, 0) is 6.54 Å².